The van der Waals surface area contributed by atoms with E-state index in [9.17, 15) is 4.79 Å². The summed E-state index contributed by atoms with van der Waals surface area (Å²) < 4.78 is 4.67. The molecular formula is C13H19NO2. The molecule has 1 N–H and O–H groups in total. The van der Waals surface area contributed by atoms with Crippen molar-refractivity contribution >= 4 is 11.7 Å². The first-order valence-corrected chi connectivity index (χ1v) is 5.47. The monoisotopic (exact) mass is 221 g/mol. The van der Waals surface area contributed by atoms with Crippen LogP contribution in [0.2, 0.25) is 0 Å². The van der Waals surface area contributed by atoms with Crippen molar-refractivity contribution in [1.29, 1.82) is 0 Å². The van der Waals surface area contributed by atoms with E-state index >= 15 is 0 Å². The molecular weight excluding hydrogens is 202 g/mol. The molecule has 16 heavy (non-hydrogen) atoms. The highest BCUT2D eigenvalue weighted by atomic mass is 16.5. The SMILES string of the molecule is COC(=O)c1ccc(NCC(C)C)c(C)c1. The second kappa shape index (κ2) is 5.54. The molecule has 0 aliphatic carbocycles. The van der Waals surface area contributed by atoms with Crippen LogP contribution < -0.4 is 5.32 Å². The zero-order chi connectivity index (χ0) is 12.1. The summed E-state index contributed by atoms with van der Waals surface area (Å²) in [5.41, 5.74) is 2.72. The highest BCUT2D eigenvalue weighted by molar-refractivity contribution is 5.90. The molecule has 0 heterocycles. The Kier molecular flexibility index (Phi) is 4.35. The van der Waals surface area contributed by atoms with Gasteiger partial charge >= 0.3 is 5.97 Å². The topological polar surface area (TPSA) is 38.3 Å². The number of nitrogens with one attached hydrogen (secondary N) is 1. The molecule has 0 saturated heterocycles. The Labute approximate surface area is 96.8 Å². The van der Waals surface area contributed by atoms with Gasteiger partial charge in [-0.05, 0) is 36.6 Å². The van der Waals surface area contributed by atoms with Crippen molar-refractivity contribution in [2.45, 2.75) is 20.8 Å². The minimum absolute atomic E-state index is 0.293. The van der Waals surface area contributed by atoms with Crippen molar-refractivity contribution in [2.75, 3.05) is 19.0 Å². The molecule has 0 aliphatic rings. The summed E-state index contributed by atoms with van der Waals surface area (Å²) in [6, 6.07) is 5.54. The number of ether oxygens (including phenoxy) is 1. The highest BCUT2D eigenvalue weighted by Crippen LogP contribution is 2.17. The maximum atomic E-state index is 11.3. The smallest absolute Gasteiger partial charge is 0.337 e. The summed E-state index contributed by atoms with van der Waals surface area (Å²) in [6.07, 6.45) is 0. The van der Waals surface area contributed by atoms with E-state index in [2.05, 4.69) is 23.9 Å². The van der Waals surface area contributed by atoms with E-state index in [1.807, 2.05) is 19.1 Å². The number of esters is 1. The maximum absolute atomic E-state index is 11.3. The van der Waals surface area contributed by atoms with Crippen molar-refractivity contribution in [3.8, 4) is 0 Å². The summed E-state index contributed by atoms with van der Waals surface area (Å²) in [6.45, 7) is 7.23. The lowest BCUT2D eigenvalue weighted by molar-refractivity contribution is 0.0600. The number of benzene rings is 1. The molecule has 0 aromatic heterocycles. The Hall–Kier alpha value is -1.51. The third-order valence-corrected chi connectivity index (χ3v) is 2.35. The van der Waals surface area contributed by atoms with Gasteiger partial charge in [0.25, 0.3) is 0 Å². The zero-order valence-electron chi connectivity index (χ0n) is 10.3. The van der Waals surface area contributed by atoms with Gasteiger partial charge in [-0.1, -0.05) is 13.8 Å². The van der Waals surface area contributed by atoms with Gasteiger partial charge in [0.15, 0.2) is 0 Å². The second-order valence-corrected chi connectivity index (χ2v) is 4.30. The van der Waals surface area contributed by atoms with Crippen LogP contribution in [0, 0.1) is 12.8 Å². The lowest BCUT2D eigenvalue weighted by atomic mass is 10.1. The van der Waals surface area contributed by atoms with Crippen LogP contribution in [0.1, 0.15) is 29.8 Å². The van der Waals surface area contributed by atoms with Gasteiger partial charge in [0.2, 0.25) is 0 Å². The minimum atomic E-state index is -0.293. The zero-order valence-corrected chi connectivity index (χ0v) is 10.3. The van der Waals surface area contributed by atoms with Crippen molar-refractivity contribution in [1.82, 2.24) is 0 Å². The average Bonchev–Trinajstić information content (AvgIpc) is 2.26. The fraction of sp³-hybridized carbons (Fsp3) is 0.462. The molecule has 3 nitrogen and oxygen atoms in total. The number of rotatable bonds is 4. The van der Waals surface area contributed by atoms with Crippen molar-refractivity contribution < 1.29 is 9.53 Å². The molecule has 0 radical (unpaired) electrons. The summed E-state index contributed by atoms with van der Waals surface area (Å²) in [4.78, 5) is 11.3. The Morgan fingerprint density at radius 3 is 2.62 bits per heavy atom. The third kappa shape index (κ3) is 3.26. The Bertz CT molecular complexity index is 372. The first-order chi connectivity index (χ1) is 7.54. The second-order valence-electron chi connectivity index (χ2n) is 4.30. The fourth-order valence-corrected chi connectivity index (χ4v) is 1.42. The fourth-order valence-electron chi connectivity index (χ4n) is 1.42. The average molecular weight is 221 g/mol. The number of hydrogen-bond donors (Lipinski definition) is 1. The predicted molar refractivity (Wildman–Crippen MR) is 65.8 cm³/mol. The third-order valence-electron chi connectivity index (χ3n) is 2.35. The van der Waals surface area contributed by atoms with E-state index in [0.717, 1.165) is 17.8 Å². The predicted octanol–water partition coefficient (Wildman–Crippen LogP) is 2.85. The van der Waals surface area contributed by atoms with Gasteiger partial charge in [-0.15, -0.1) is 0 Å². The number of carbonyl (C=O) groups excluding carboxylic acids is 1. The lowest BCUT2D eigenvalue weighted by Gasteiger charge is -2.12. The van der Waals surface area contributed by atoms with E-state index in [4.69, 9.17) is 0 Å². The highest BCUT2D eigenvalue weighted by Gasteiger charge is 2.07. The normalized spacial score (nSPS) is 10.3. The van der Waals surface area contributed by atoms with Gasteiger partial charge in [-0.25, -0.2) is 4.79 Å². The number of anilines is 1. The van der Waals surface area contributed by atoms with Crippen LogP contribution in [0.3, 0.4) is 0 Å². The molecule has 1 aromatic rings. The van der Waals surface area contributed by atoms with Gasteiger partial charge < -0.3 is 10.1 Å². The Morgan fingerprint density at radius 2 is 2.12 bits per heavy atom. The molecule has 0 spiro atoms. The molecule has 0 saturated carbocycles. The molecule has 0 atom stereocenters. The Morgan fingerprint density at radius 1 is 1.44 bits per heavy atom. The van der Waals surface area contributed by atoms with E-state index in [1.54, 1.807) is 6.07 Å². The largest absolute Gasteiger partial charge is 0.465 e. The summed E-state index contributed by atoms with van der Waals surface area (Å²) in [7, 11) is 1.39. The van der Waals surface area contributed by atoms with Crippen LogP contribution in [-0.4, -0.2) is 19.6 Å². The van der Waals surface area contributed by atoms with Gasteiger partial charge in [0.1, 0.15) is 0 Å². The first-order valence-electron chi connectivity index (χ1n) is 5.47. The quantitative estimate of drug-likeness (QED) is 0.794. The molecule has 1 rings (SSSR count). The van der Waals surface area contributed by atoms with Crippen molar-refractivity contribution in [2.24, 2.45) is 5.92 Å². The van der Waals surface area contributed by atoms with Crippen molar-refractivity contribution in [3.05, 3.63) is 29.3 Å². The van der Waals surface area contributed by atoms with Gasteiger partial charge in [0, 0.05) is 12.2 Å². The van der Waals surface area contributed by atoms with Gasteiger partial charge in [0.05, 0.1) is 12.7 Å². The molecule has 0 bridgehead atoms. The van der Waals surface area contributed by atoms with Crippen LogP contribution >= 0.6 is 0 Å². The minimum Gasteiger partial charge on any atom is -0.465 e. The van der Waals surface area contributed by atoms with Gasteiger partial charge in [-0.3, -0.25) is 0 Å². The first kappa shape index (κ1) is 12.6. The Balaban J connectivity index is 2.79. The van der Waals surface area contributed by atoms with E-state index in [0.29, 0.717) is 11.5 Å². The van der Waals surface area contributed by atoms with E-state index < -0.39 is 0 Å². The summed E-state index contributed by atoms with van der Waals surface area (Å²) in [5.74, 6) is 0.304. The number of aryl methyl sites for hydroxylation is 1. The van der Waals surface area contributed by atoms with Gasteiger partial charge in [-0.2, -0.15) is 0 Å². The van der Waals surface area contributed by atoms with E-state index in [-0.39, 0.29) is 5.97 Å². The number of carbonyl (C=O) groups is 1. The summed E-state index contributed by atoms with van der Waals surface area (Å²) in [5, 5.41) is 3.34. The lowest BCUT2D eigenvalue weighted by Crippen LogP contribution is -2.09. The standard InChI is InChI=1S/C13H19NO2/c1-9(2)8-14-12-6-5-11(7-10(12)3)13(15)16-4/h5-7,9,14H,8H2,1-4H3. The molecule has 0 unspecified atom stereocenters. The molecule has 1 aromatic carbocycles. The van der Waals surface area contributed by atoms with Crippen molar-refractivity contribution in [3.63, 3.8) is 0 Å². The van der Waals surface area contributed by atoms with Crippen LogP contribution in [-0.2, 0) is 4.74 Å². The summed E-state index contributed by atoms with van der Waals surface area (Å²) >= 11 is 0. The molecule has 88 valence electrons. The van der Waals surface area contributed by atoms with Crippen LogP contribution in [0.4, 0.5) is 5.69 Å². The number of methoxy groups -OCH3 is 1. The van der Waals surface area contributed by atoms with E-state index in [1.165, 1.54) is 7.11 Å². The molecule has 0 fully saturated rings. The van der Waals surface area contributed by atoms with Crippen LogP contribution in [0.15, 0.2) is 18.2 Å². The molecule has 0 aliphatic heterocycles. The molecule has 3 heteroatoms. The van der Waals surface area contributed by atoms with Crippen LogP contribution in [0.25, 0.3) is 0 Å². The number of hydrogen-bond acceptors (Lipinski definition) is 3. The maximum Gasteiger partial charge on any atom is 0.337 e. The molecule has 0 amide bonds. The van der Waals surface area contributed by atoms with Crippen LogP contribution in [0.5, 0.6) is 0 Å².